The van der Waals surface area contributed by atoms with Crippen LogP contribution in [0.2, 0.25) is 0 Å². The molecule has 1 nitrogen and oxygen atoms in total. The van der Waals surface area contributed by atoms with Crippen LogP contribution < -0.4 is 0 Å². The Morgan fingerprint density at radius 3 is 2.12 bits per heavy atom. The molecule has 2 rings (SSSR count). The first-order valence-corrected chi connectivity index (χ1v) is 7.28. The molecule has 0 amide bonds. The van der Waals surface area contributed by atoms with E-state index in [-0.39, 0.29) is 6.10 Å². The third kappa shape index (κ3) is 1.95. The van der Waals surface area contributed by atoms with E-state index < -0.39 is 0 Å². The summed E-state index contributed by atoms with van der Waals surface area (Å²) in [6, 6.07) is 0. The number of aliphatic hydroxyl groups is 1. The van der Waals surface area contributed by atoms with Gasteiger partial charge in [-0.3, -0.25) is 0 Å². The minimum atomic E-state index is -0.0948. The summed E-state index contributed by atoms with van der Waals surface area (Å²) in [6.45, 7) is 14.4. The van der Waals surface area contributed by atoms with E-state index in [0.717, 1.165) is 18.8 Å². The van der Waals surface area contributed by atoms with Gasteiger partial charge < -0.3 is 5.11 Å². The Morgan fingerprint density at radius 1 is 0.941 bits per heavy atom. The molecule has 100 valence electrons. The lowest BCUT2D eigenvalue weighted by molar-refractivity contribution is -0.149. The van der Waals surface area contributed by atoms with Gasteiger partial charge in [0.05, 0.1) is 6.10 Å². The molecule has 1 heteroatoms. The molecule has 2 saturated carbocycles. The predicted molar refractivity (Wildman–Crippen MR) is 72.8 cm³/mol. The lowest BCUT2D eigenvalue weighted by atomic mass is 9.44. The summed E-state index contributed by atoms with van der Waals surface area (Å²) < 4.78 is 0. The van der Waals surface area contributed by atoms with E-state index >= 15 is 0 Å². The van der Waals surface area contributed by atoms with E-state index in [0.29, 0.717) is 22.2 Å². The Balaban J connectivity index is 2.38. The van der Waals surface area contributed by atoms with Crippen molar-refractivity contribution in [3.05, 3.63) is 0 Å². The minimum Gasteiger partial charge on any atom is -0.393 e. The molecule has 0 bridgehead atoms. The van der Waals surface area contributed by atoms with Crippen molar-refractivity contribution >= 4 is 0 Å². The van der Waals surface area contributed by atoms with E-state index in [1.165, 1.54) is 12.8 Å². The monoisotopic (exact) mass is 238 g/mol. The van der Waals surface area contributed by atoms with Crippen LogP contribution in [0, 0.1) is 28.1 Å². The number of hydrogen-bond acceptors (Lipinski definition) is 1. The van der Waals surface area contributed by atoms with Crippen molar-refractivity contribution in [1.82, 2.24) is 0 Å². The maximum Gasteiger partial charge on any atom is 0.0550 e. The smallest absolute Gasteiger partial charge is 0.0550 e. The van der Waals surface area contributed by atoms with Crippen LogP contribution in [0.15, 0.2) is 0 Å². The Kier molecular flexibility index (Phi) is 2.94. The predicted octanol–water partition coefficient (Wildman–Crippen LogP) is 4.25. The van der Waals surface area contributed by atoms with Crippen molar-refractivity contribution in [1.29, 1.82) is 0 Å². The average Bonchev–Trinajstić information content (AvgIpc) is 2.11. The molecule has 0 heterocycles. The third-order valence-corrected chi connectivity index (χ3v) is 6.42. The van der Waals surface area contributed by atoms with Gasteiger partial charge in [-0.25, -0.2) is 0 Å². The summed E-state index contributed by atoms with van der Waals surface area (Å²) >= 11 is 0. The molecule has 0 aliphatic heterocycles. The minimum absolute atomic E-state index is 0.0948. The molecule has 2 aliphatic rings. The fourth-order valence-electron chi connectivity index (χ4n) is 5.19. The van der Waals surface area contributed by atoms with Crippen LogP contribution in [-0.4, -0.2) is 11.2 Å². The molecule has 0 aromatic heterocycles. The van der Waals surface area contributed by atoms with Gasteiger partial charge >= 0.3 is 0 Å². The van der Waals surface area contributed by atoms with Crippen LogP contribution in [0.3, 0.4) is 0 Å². The second-order valence-corrected chi connectivity index (χ2v) is 8.36. The molecule has 4 atom stereocenters. The molecule has 0 spiro atoms. The van der Waals surface area contributed by atoms with Crippen LogP contribution in [0.25, 0.3) is 0 Å². The molecule has 0 radical (unpaired) electrons. The topological polar surface area (TPSA) is 20.2 Å². The zero-order chi connectivity index (χ0) is 13.1. The number of hydrogen-bond donors (Lipinski definition) is 1. The molecule has 0 aromatic carbocycles. The summed E-state index contributed by atoms with van der Waals surface area (Å²) in [6.07, 6.45) is 4.58. The summed E-state index contributed by atoms with van der Waals surface area (Å²) in [4.78, 5) is 0. The Morgan fingerprint density at radius 2 is 1.53 bits per heavy atom. The van der Waals surface area contributed by atoms with Gasteiger partial charge in [0, 0.05) is 0 Å². The highest BCUT2D eigenvalue weighted by molar-refractivity contribution is 5.06. The zero-order valence-electron chi connectivity index (χ0n) is 12.5. The molecule has 2 fully saturated rings. The zero-order valence-corrected chi connectivity index (χ0v) is 12.5. The van der Waals surface area contributed by atoms with Gasteiger partial charge in [0.2, 0.25) is 0 Å². The summed E-state index contributed by atoms with van der Waals surface area (Å²) in [5.74, 6) is 1.48. The Hall–Kier alpha value is -0.0400. The lowest BCUT2D eigenvalue weighted by Gasteiger charge is -2.62. The summed E-state index contributed by atoms with van der Waals surface area (Å²) in [7, 11) is 0. The van der Waals surface area contributed by atoms with Gasteiger partial charge in [-0.05, 0) is 53.8 Å². The van der Waals surface area contributed by atoms with E-state index in [1.807, 2.05) is 0 Å². The van der Waals surface area contributed by atoms with Crippen molar-refractivity contribution in [3.8, 4) is 0 Å². The van der Waals surface area contributed by atoms with Crippen molar-refractivity contribution in [2.75, 3.05) is 0 Å². The van der Waals surface area contributed by atoms with Gasteiger partial charge in [-0.1, -0.05) is 41.5 Å². The Labute approximate surface area is 107 Å². The first-order chi connectivity index (χ1) is 7.59. The van der Waals surface area contributed by atoms with Gasteiger partial charge in [0.15, 0.2) is 0 Å². The summed E-state index contributed by atoms with van der Waals surface area (Å²) in [5, 5.41) is 10.2. The highest BCUT2D eigenvalue weighted by Gasteiger charge is 2.57. The van der Waals surface area contributed by atoms with Crippen molar-refractivity contribution in [2.24, 2.45) is 28.1 Å². The molecule has 2 aliphatic carbocycles. The van der Waals surface area contributed by atoms with Crippen molar-refractivity contribution in [2.45, 2.75) is 73.3 Å². The van der Waals surface area contributed by atoms with Crippen LogP contribution in [0.4, 0.5) is 0 Å². The van der Waals surface area contributed by atoms with E-state index in [2.05, 4.69) is 41.5 Å². The van der Waals surface area contributed by atoms with Crippen LogP contribution in [0.5, 0.6) is 0 Å². The highest BCUT2D eigenvalue weighted by Crippen LogP contribution is 2.63. The second-order valence-electron chi connectivity index (χ2n) is 8.36. The maximum atomic E-state index is 10.2. The van der Waals surface area contributed by atoms with E-state index in [4.69, 9.17) is 0 Å². The van der Waals surface area contributed by atoms with Gasteiger partial charge in [0.25, 0.3) is 0 Å². The highest BCUT2D eigenvalue weighted by atomic mass is 16.3. The lowest BCUT2D eigenvalue weighted by Crippen LogP contribution is -2.56. The molecule has 0 aromatic rings. The maximum absolute atomic E-state index is 10.2. The molecule has 4 unspecified atom stereocenters. The largest absolute Gasteiger partial charge is 0.393 e. The fourth-order valence-corrected chi connectivity index (χ4v) is 5.19. The van der Waals surface area contributed by atoms with Gasteiger partial charge in [-0.15, -0.1) is 0 Å². The van der Waals surface area contributed by atoms with Crippen LogP contribution >= 0.6 is 0 Å². The van der Waals surface area contributed by atoms with Crippen molar-refractivity contribution in [3.63, 3.8) is 0 Å². The fraction of sp³-hybridized carbons (Fsp3) is 1.00. The van der Waals surface area contributed by atoms with Gasteiger partial charge in [0.1, 0.15) is 0 Å². The third-order valence-electron chi connectivity index (χ3n) is 6.42. The van der Waals surface area contributed by atoms with Crippen LogP contribution in [0.1, 0.15) is 67.2 Å². The normalized spacial score (nSPS) is 48.5. The first kappa shape index (κ1) is 13.4. The SMILES string of the molecule is CC1C(C)(C)CCC2C(C)(C)CC(O)CC12C. The Bertz CT molecular complexity index is 305. The standard InChI is InChI=1S/C16H30O/c1-11-14(2,3)8-7-13-15(4,5)9-12(17)10-16(11,13)6/h11-13,17H,7-10H2,1-6H3. The van der Waals surface area contributed by atoms with Gasteiger partial charge in [-0.2, -0.15) is 0 Å². The molecule has 0 saturated heterocycles. The average molecular weight is 238 g/mol. The van der Waals surface area contributed by atoms with Crippen LogP contribution in [-0.2, 0) is 0 Å². The molecular formula is C16H30O. The molecular weight excluding hydrogens is 208 g/mol. The first-order valence-electron chi connectivity index (χ1n) is 7.28. The quantitative estimate of drug-likeness (QED) is 0.669. The molecule has 17 heavy (non-hydrogen) atoms. The molecule has 1 N–H and O–H groups in total. The second kappa shape index (κ2) is 3.73. The van der Waals surface area contributed by atoms with E-state index in [1.54, 1.807) is 0 Å². The number of fused-ring (bicyclic) bond motifs is 1. The van der Waals surface area contributed by atoms with Crippen molar-refractivity contribution < 1.29 is 5.11 Å². The summed E-state index contributed by atoms with van der Waals surface area (Å²) in [5.41, 5.74) is 1.05. The number of rotatable bonds is 0. The number of aliphatic hydroxyl groups excluding tert-OH is 1. The van der Waals surface area contributed by atoms with E-state index in [9.17, 15) is 5.11 Å².